The van der Waals surface area contributed by atoms with Crippen LogP contribution in [0.4, 0.5) is 0 Å². The van der Waals surface area contributed by atoms with Gasteiger partial charge in [0.1, 0.15) is 0 Å². The van der Waals surface area contributed by atoms with Crippen molar-refractivity contribution in [3.05, 3.63) is 12.2 Å². The Morgan fingerprint density at radius 2 is 2.21 bits per heavy atom. The van der Waals surface area contributed by atoms with E-state index in [1.165, 1.54) is 0 Å². The van der Waals surface area contributed by atoms with Crippen molar-refractivity contribution in [3.63, 3.8) is 0 Å². The molecule has 0 aromatic heterocycles. The molecule has 1 N–H and O–H groups in total. The predicted molar refractivity (Wildman–Crippen MR) is 58.2 cm³/mol. The maximum absolute atomic E-state index is 11.1. The number of carbonyl (C=O) groups is 1. The average Bonchev–Trinajstić information content (AvgIpc) is 2.13. The van der Waals surface area contributed by atoms with Crippen molar-refractivity contribution in [2.45, 2.75) is 33.1 Å². The molecule has 1 amide bonds. The van der Waals surface area contributed by atoms with Crippen LogP contribution in [-0.2, 0) is 9.53 Å². The minimum atomic E-state index is 0.116. The first-order chi connectivity index (χ1) is 6.66. The molecule has 0 heterocycles. The van der Waals surface area contributed by atoms with Gasteiger partial charge in [0.2, 0.25) is 5.91 Å². The summed E-state index contributed by atoms with van der Waals surface area (Å²) in [5.41, 5.74) is 1.00. The molecular weight excluding hydrogens is 178 g/mol. The number of amides is 1. The number of hydrogen-bond donors (Lipinski definition) is 1. The van der Waals surface area contributed by atoms with Crippen LogP contribution in [0.2, 0.25) is 0 Å². The van der Waals surface area contributed by atoms with E-state index in [4.69, 9.17) is 4.74 Å². The van der Waals surface area contributed by atoms with Crippen LogP contribution in [0.25, 0.3) is 0 Å². The van der Waals surface area contributed by atoms with Crippen LogP contribution in [0.1, 0.15) is 33.1 Å². The Bertz CT molecular complexity index is 178. The molecule has 0 aromatic carbocycles. The van der Waals surface area contributed by atoms with Crippen molar-refractivity contribution >= 4 is 5.91 Å². The van der Waals surface area contributed by atoms with Crippen molar-refractivity contribution in [2.24, 2.45) is 0 Å². The van der Waals surface area contributed by atoms with Gasteiger partial charge in [-0.1, -0.05) is 25.5 Å². The highest BCUT2D eigenvalue weighted by Gasteiger charge is 1.98. The second kappa shape index (κ2) is 8.75. The van der Waals surface area contributed by atoms with Gasteiger partial charge in [-0.3, -0.25) is 4.79 Å². The Balaban J connectivity index is 3.19. The van der Waals surface area contributed by atoms with E-state index in [0.29, 0.717) is 26.2 Å². The molecule has 0 aliphatic carbocycles. The normalized spacial score (nSPS) is 9.86. The molecule has 0 spiro atoms. The molecule has 0 rings (SSSR count). The van der Waals surface area contributed by atoms with Crippen LogP contribution in [-0.4, -0.2) is 25.7 Å². The molecule has 3 heteroatoms. The van der Waals surface area contributed by atoms with Crippen molar-refractivity contribution in [2.75, 3.05) is 19.8 Å². The van der Waals surface area contributed by atoms with Crippen molar-refractivity contribution in [3.8, 4) is 0 Å². The van der Waals surface area contributed by atoms with E-state index in [2.05, 4.69) is 18.8 Å². The molecule has 0 bridgehead atoms. The minimum absolute atomic E-state index is 0.116. The fourth-order valence-electron chi connectivity index (χ4n) is 0.935. The average molecular weight is 199 g/mol. The fraction of sp³-hybridized carbons (Fsp3) is 0.727. The second-order valence-electron chi connectivity index (χ2n) is 3.46. The number of unbranched alkanes of at least 4 members (excludes halogenated alkanes) is 1. The van der Waals surface area contributed by atoms with Gasteiger partial charge in [-0.15, -0.1) is 0 Å². The lowest BCUT2D eigenvalue weighted by atomic mass is 10.2. The zero-order valence-corrected chi connectivity index (χ0v) is 9.27. The van der Waals surface area contributed by atoms with Crippen LogP contribution in [0.15, 0.2) is 12.2 Å². The van der Waals surface area contributed by atoms with Gasteiger partial charge >= 0.3 is 0 Å². The van der Waals surface area contributed by atoms with Gasteiger partial charge in [-0.25, -0.2) is 0 Å². The standard InChI is InChI=1S/C11H21NO2/c1-4-5-6-11(13)12-7-8-14-9-10(2)3/h2,4-9H2,1,3H3,(H,12,13). The summed E-state index contributed by atoms with van der Waals surface area (Å²) in [6, 6.07) is 0. The van der Waals surface area contributed by atoms with Gasteiger partial charge in [0.15, 0.2) is 0 Å². The van der Waals surface area contributed by atoms with E-state index in [-0.39, 0.29) is 5.91 Å². The largest absolute Gasteiger partial charge is 0.375 e. The lowest BCUT2D eigenvalue weighted by Crippen LogP contribution is -2.27. The Labute approximate surface area is 86.5 Å². The maximum atomic E-state index is 11.1. The van der Waals surface area contributed by atoms with Crippen molar-refractivity contribution in [1.29, 1.82) is 0 Å². The van der Waals surface area contributed by atoms with Gasteiger partial charge in [0.25, 0.3) is 0 Å². The fourth-order valence-corrected chi connectivity index (χ4v) is 0.935. The van der Waals surface area contributed by atoms with Crippen molar-refractivity contribution < 1.29 is 9.53 Å². The first-order valence-corrected chi connectivity index (χ1v) is 5.15. The molecule has 0 aliphatic rings. The van der Waals surface area contributed by atoms with E-state index < -0.39 is 0 Å². The zero-order chi connectivity index (χ0) is 10.8. The molecule has 0 unspecified atom stereocenters. The van der Waals surface area contributed by atoms with E-state index in [1.807, 2.05) is 6.92 Å². The first kappa shape index (κ1) is 13.2. The number of rotatable bonds is 8. The summed E-state index contributed by atoms with van der Waals surface area (Å²) in [6.07, 6.45) is 2.63. The molecule has 0 aromatic rings. The zero-order valence-electron chi connectivity index (χ0n) is 9.27. The quantitative estimate of drug-likeness (QED) is 0.479. The molecule has 0 aliphatic heterocycles. The molecule has 0 fully saturated rings. The van der Waals surface area contributed by atoms with Crippen molar-refractivity contribution in [1.82, 2.24) is 5.32 Å². The third-order valence-electron chi connectivity index (χ3n) is 1.67. The second-order valence-corrected chi connectivity index (χ2v) is 3.46. The van der Waals surface area contributed by atoms with Crippen LogP contribution in [0.3, 0.4) is 0 Å². The van der Waals surface area contributed by atoms with Gasteiger partial charge in [0.05, 0.1) is 13.2 Å². The molecule has 0 radical (unpaired) electrons. The molecule has 14 heavy (non-hydrogen) atoms. The summed E-state index contributed by atoms with van der Waals surface area (Å²) in [5, 5.41) is 2.80. The maximum Gasteiger partial charge on any atom is 0.220 e. The summed E-state index contributed by atoms with van der Waals surface area (Å²) in [4.78, 5) is 11.1. The van der Waals surface area contributed by atoms with E-state index in [9.17, 15) is 4.79 Å². The highest BCUT2D eigenvalue weighted by atomic mass is 16.5. The Morgan fingerprint density at radius 3 is 2.79 bits per heavy atom. The van der Waals surface area contributed by atoms with Gasteiger partial charge < -0.3 is 10.1 Å². The van der Waals surface area contributed by atoms with E-state index in [0.717, 1.165) is 18.4 Å². The Hall–Kier alpha value is -0.830. The minimum Gasteiger partial charge on any atom is -0.375 e. The molecule has 82 valence electrons. The Kier molecular flexibility index (Phi) is 8.24. The highest BCUT2D eigenvalue weighted by molar-refractivity contribution is 5.75. The lowest BCUT2D eigenvalue weighted by molar-refractivity contribution is -0.121. The monoisotopic (exact) mass is 199 g/mol. The topological polar surface area (TPSA) is 38.3 Å². The third kappa shape index (κ3) is 9.26. The molecule has 0 saturated carbocycles. The SMILES string of the molecule is C=C(C)COCCNC(=O)CCCC. The molecule has 0 atom stereocenters. The number of nitrogens with one attached hydrogen (secondary N) is 1. The van der Waals surface area contributed by atoms with Gasteiger partial charge in [-0.2, -0.15) is 0 Å². The van der Waals surface area contributed by atoms with Crippen LogP contribution in [0.5, 0.6) is 0 Å². The van der Waals surface area contributed by atoms with Crippen LogP contribution >= 0.6 is 0 Å². The van der Waals surface area contributed by atoms with Crippen LogP contribution in [0, 0.1) is 0 Å². The van der Waals surface area contributed by atoms with Gasteiger partial charge in [0, 0.05) is 13.0 Å². The van der Waals surface area contributed by atoms with E-state index in [1.54, 1.807) is 0 Å². The molecular formula is C11H21NO2. The summed E-state index contributed by atoms with van der Waals surface area (Å²) >= 11 is 0. The highest BCUT2D eigenvalue weighted by Crippen LogP contribution is 1.92. The van der Waals surface area contributed by atoms with Gasteiger partial charge in [-0.05, 0) is 13.3 Å². The summed E-state index contributed by atoms with van der Waals surface area (Å²) in [5.74, 6) is 0.116. The van der Waals surface area contributed by atoms with Crippen LogP contribution < -0.4 is 5.32 Å². The van der Waals surface area contributed by atoms with E-state index >= 15 is 0 Å². The first-order valence-electron chi connectivity index (χ1n) is 5.15. The third-order valence-corrected chi connectivity index (χ3v) is 1.67. The number of carbonyl (C=O) groups excluding carboxylic acids is 1. The lowest BCUT2D eigenvalue weighted by Gasteiger charge is -2.05. The predicted octanol–water partition coefficient (Wildman–Crippen LogP) is 1.89. The molecule has 0 saturated heterocycles. The summed E-state index contributed by atoms with van der Waals surface area (Å²) < 4.78 is 5.24. The Morgan fingerprint density at radius 1 is 1.50 bits per heavy atom. The number of ether oxygens (including phenoxy) is 1. The number of hydrogen-bond acceptors (Lipinski definition) is 2. The smallest absolute Gasteiger partial charge is 0.220 e. The summed E-state index contributed by atoms with van der Waals surface area (Å²) in [6.45, 7) is 9.43. The molecule has 3 nitrogen and oxygen atoms in total. The summed E-state index contributed by atoms with van der Waals surface area (Å²) in [7, 11) is 0.